The molecule has 33 heavy (non-hydrogen) atoms. The lowest BCUT2D eigenvalue weighted by Crippen LogP contribution is -2.42. The second-order valence-corrected chi connectivity index (χ2v) is 7.67. The van der Waals surface area contributed by atoms with Crippen molar-refractivity contribution in [3.63, 3.8) is 0 Å². The molecular formula is C25H31N3O5. The summed E-state index contributed by atoms with van der Waals surface area (Å²) in [5.74, 6) is 1.12. The SMILES string of the molecule is CCC(=O)N(CCOC)CC(=O)N1N=C(c2cccc(OC)c2)CC1c1ccc(OC)cc1. The molecule has 3 rings (SSSR count). The van der Waals surface area contributed by atoms with Crippen LogP contribution in [0.4, 0.5) is 0 Å². The quantitative estimate of drug-likeness (QED) is 0.552. The third-order valence-electron chi connectivity index (χ3n) is 5.62. The molecular weight excluding hydrogens is 422 g/mol. The fourth-order valence-electron chi connectivity index (χ4n) is 3.76. The third-order valence-corrected chi connectivity index (χ3v) is 5.62. The molecule has 1 aliphatic heterocycles. The summed E-state index contributed by atoms with van der Waals surface area (Å²) in [6.45, 7) is 2.43. The summed E-state index contributed by atoms with van der Waals surface area (Å²) in [6, 6.07) is 14.9. The van der Waals surface area contributed by atoms with E-state index in [2.05, 4.69) is 0 Å². The molecule has 2 aromatic rings. The van der Waals surface area contributed by atoms with Gasteiger partial charge in [0.1, 0.15) is 18.0 Å². The summed E-state index contributed by atoms with van der Waals surface area (Å²) in [4.78, 5) is 27.3. The summed E-state index contributed by atoms with van der Waals surface area (Å²) in [6.07, 6.45) is 0.863. The number of methoxy groups -OCH3 is 3. The van der Waals surface area contributed by atoms with Crippen LogP contribution in [0.25, 0.3) is 0 Å². The van der Waals surface area contributed by atoms with Gasteiger partial charge in [-0.3, -0.25) is 9.59 Å². The zero-order valence-corrected chi connectivity index (χ0v) is 19.6. The lowest BCUT2D eigenvalue weighted by atomic mass is 9.98. The van der Waals surface area contributed by atoms with Crippen molar-refractivity contribution in [2.75, 3.05) is 41.0 Å². The Kier molecular flexibility index (Phi) is 8.43. The van der Waals surface area contributed by atoms with Gasteiger partial charge in [0.15, 0.2) is 0 Å². The number of amides is 2. The molecule has 0 aromatic heterocycles. The normalized spacial score (nSPS) is 15.2. The zero-order chi connectivity index (χ0) is 23.8. The van der Waals surface area contributed by atoms with Crippen molar-refractivity contribution in [3.05, 3.63) is 59.7 Å². The van der Waals surface area contributed by atoms with Gasteiger partial charge in [0.25, 0.3) is 5.91 Å². The minimum Gasteiger partial charge on any atom is -0.497 e. The molecule has 8 heteroatoms. The number of hydrazone groups is 1. The number of rotatable bonds is 10. The summed E-state index contributed by atoms with van der Waals surface area (Å²) < 4.78 is 15.7. The van der Waals surface area contributed by atoms with Crippen molar-refractivity contribution < 1.29 is 23.8 Å². The van der Waals surface area contributed by atoms with Gasteiger partial charge < -0.3 is 19.1 Å². The molecule has 2 amide bonds. The van der Waals surface area contributed by atoms with Crippen molar-refractivity contribution in [2.45, 2.75) is 25.8 Å². The molecule has 1 heterocycles. The Morgan fingerprint density at radius 3 is 2.42 bits per heavy atom. The second-order valence-electron chi connectivity index (χ2n) is 7.67. The van der Waals surface area contributed by atoms with Crippen LogP contribution in [0.1, 0.15) is 36.9 Å². The first kappa shape index (κ1) is 24.3. The first-order chi connectivity index (χ1) is 16.0. The summed E-state index contributed by atoms with van der Waals surface area (Å²) >= 11 is 0. The molecule has 0 saturated heterocycles. The maximum Gasteiger partial charge on any atom is 0.262 e. The fraction of sp³-hybridized carbons (Fsp3) is 0.400. The van der Waals surface area contributed by atoms with Gasteiger partial charge in [-0.15, -0.1) is 0 Å². The lowest BCUT2D eigenvalue weighted by Gasteiger charge is -2.26. The topological polar surface area (TPSA) is 80.7 Å². The van der Waals surface area contributed by atoms with E-state index < -0.39 is 0 Å². The van der Waals surface area contributed by atoms with Gasteiger partial charge in [0, 0.05) is 32.1 Å². The molecule has 1 aliphatic rings. The number of benzene rings is 2. The van der Waals surface area contributed by atoms with Crippen molar-refractivity contribution in [3.8, 4) is 11.5 Å². The Labute approximate surface area is 194 Å². The van der Waals surface area contributed by atoms with Crippen molar-refractivity contribution in [1.29, 1.82) is 0 Å². The average molecular weight is 454 g/mol. The van der Waals surface area contributed by atoms with Gasteiger partial charge in [-0.25, -0.2) is 5.01 Å². The van der Waals surface area contributed by atoms with Gasteiger partial charge >= 0.3 is 0 Å². The first-order valence-electron chi connectivity index (χ1n) is 10.9. The Morgan fingerprint density at radius 1 is 1.06 bits per heavy atom. The van der Waals surface area contributed by atoms with E-state index in [1.54, 1.807) is 28.3 Å². The Balaban J connectivity index is 1.91. The van der Waals surface area contributed by atoms with Crippen LogP contribution in [0.2, 0.25) is 0 Å². The molecule has 1 atom stereocenters. The molecule has 1 unspecified atom stereocenters. The van der Waals surface area contributed by atoms with Crippen LogP contribution < -0.4 is 9.47 Å². The van der Waals surface area contributed by atoms with Crippen molar-refractivity contribution >= 4 is 17.5 Å². The fourth-order valence-corrected chi connectivity index (χ4v) is 3.76. The summed E-state index contributed by atoms with van der Waals surface area (Å²) in [7, 11) is 4.80. The molecule has 0 spiro atoms. The Hall–Kier alpha value is -3.39. The van der Waals surface area contributed by atoms with Gasteiger partial charge in [-0.05, 0) is 29.8 Å². The van der Waals surface area contributed by atoms with Gasteiger partial charge in [0.05, 0.1) is 32.6 Å². The minimum atomic E-state index is -0.286. The molecule has 2 aromatic carbocycles. The first-order valence-corrected chi connectivity index (χ1v) is 10.9. The summed E-state index contributed by atoms with van der Waals surface area (Å²) in [5.41, 5.74) is 2.62. The van der Waals surface area contributed by atoms with Crippen LogP contribution in [0, 0.1) is 0 Å². The predicted molar refractivity (Wildman–Crippen MR) is 125 cm³/mol. The van der Waals surface area contributed by atoms with E-state index in [0.29, 0.717) is 26.0 Å². The minimum absolute atomic E-state index is 0.0580. The third kappa shape index (κ3) is 5.90. The molecule has 0 aliphatic carbocycles. The number of carbonyl (C=O) groups excluding carboxylic acids is 2. The summed E-state index contributed by atoms with van der Waals surface area (Å²) in [5, 5.41) is 6.20. The van der Waals surface area contributed by atoms with E-state index in [9.17, 15) is 9.59 Å². The van der Waals surface area contributed by atoms with Gasteiger partial charge in [-0.2, -0.15) is 5.10 Å². The smallest absolute Gasteiger partial charge is 0.262 e. The van der Waals surface area contributed by atoms with Crippen molar-refractivity contribution in [1.82, 2.24) is 9.91 Å². The van der Waals surface area contributed by atoms with E-state index in [1.165, 1.54) is 9.91 Å². The van der Waals surface area contributed by atoms with Crippen molar-refractivity contribution in [2.24, 2.45) is 5.10 Å². The standard InChI is InChI=1S/C25H31N3O5/c1-5-24(29)27(13-14-31-2)17-25(30)28-23(18-9-11-20(32-3)12-10-18)16-22(26-28)19-7-6-8-21(15-19)33-4/h6-12,15,23H,5,13-14,16-17H2,1-4H3. The highest BCUT2D eigenvalue weighted by atomic mass is 16.5. The largest absolute Gasteiger partial charge is 0.497 e. The number of hydrogen-bond donors (Lipinski definition) is 0. The van der Waals surface area contributed by atoms with Crippen LogP contribution in [0.3, 0.4) is 0 Å². The highest BCUT2D eigenvalue weighted by molar-refractivity contribution is 6.03. The van der Waals surface area contributed by atoms with Crippen LogP contribution >= 0.6 is 0 Å². The second kappa shape index (κ2) is 11.5. The molecule has 176 valence electrons. The molecule has 0 saturated carbocycles. The number of hydrogen-bond acceptors (Lipinski definition) is 6. The van der Waals surface area contributed by atoms with E-state index in [0.717, 1.165) is 28.3 Å². The maximum absolute atomic E-state index is 13.4. The van der Waals surface area contributed by atoms with E-state index in [1.807, 2.05) is 48.5 Å². The number of carbonyl (C=O) groups is 2. The highest BCUT2D eigenvalue weighted by Gasteiger charge is 2.34. The van der Waals surface area contributed by atoms with Gasteiger partial charge in [-0.1, -0.05) is 31.2 Å². The molecule has 0 fully saturated rings. The van der Waals surface area contributed by atoms with E-state index in [4.69, 9.17) is 19.3 Å². The average Bonchev–Trinajstić information content (AvgIpc) is 3.31. The van der Waals surface area contributed by atoms with E-state index in [-0.39, 0.29) is 24.4 Å². The Bertz CT molecular complexity index is 990. The molecule has 0 bridgehead atoms. The monoisotopic (exact) mass is 453 g/mol. The predicted octanol–water partition coefficient (Wildman–Crippen LogP) is 3.27. The Morgan fingerprint density at radius 2 is 1.79 bits per heavy atom. The van der Waals surface area contributed by atoms with Crippen LogP contribution in [0.15, 0.2) is 53.6 Å². The molecule has 0 N–H and O–H groups in total. The number of ether oxygens (including phenoxy) is 3. The highest BCUT2D eigenvalue weighted by Crippen LogP contribution is 2.34. The van der Waals surface area contributed by atoms with Gasteiger partial charge in [0.2, 0.25) is 5.91 Å². The van der Waals surface area contributed by atoms with Crippen LogP contribution in [0.5, 0.6) is 11.5 Å². The zero-order valence-electron chi connectivity index (χ0n) is 19.6. The molecule has 0 radical (unpaired) electrons. The maximum atomic E-state index is 13.4. The lowest BCUT2D eigenvalue weighted by molar-refractivity contribution is -0.141. The molecule has 8 nitrogen and oxygen atoms in total. The number of nitrogens with zero attached hydrogens (tertiary/aromatic N) is 3. The van der Waals surface area contributed by atoms with Crippen LogP contribution in [-0.4, -0.2) is 68.5 Å². The van der Waals surface area contributed by atoms with Crippen LogP contribution in [-0.2, 0) is 14.3 Å². The van der Waals surface area contributed by atoms with E-state index >= 15 is 0 Å².